The quantitative estimate of drug-likeness (QED) is 0.497. The van der Waals surface area contributed by atoms with Gasteiger partial charge in [0.25, 0.3) is 0 Å². The average molecular weight is 173 g/mol. The highest BCUT2D eigenvalue weighted by atomic mass is 17.1. The summed E-state index contributed by atoms with van der Waals surface area (Å²) < 4.78 is 9.33. The summed E-state index contributed by atoms with van der Waals surface area (Å²) in [5.41, 5.74) is 0. The van der Waals surface area contributed by atoms with Crippen LogP contribution in [0.4, 0.5) is 0 Å². The third-order valence-electron chi connectivity index (χ3n) is 1.02. The lowest BCUT2D eigenvalue weighted by molar-refractivity contribution is -0.146. The van der Waals surface area contributed by atoms with E-state index in [-0.39, 0.29) is 18.0 Å². The van der Waals surface area contributed by atoms with Crippen LogP contribution in [0.1, 0.15) is 0 Å². The molecule has 1 aromatic heterocycles. The highest BCUT2D eigenvalue weighted by Gasteiger charge is 2.06. The summed E-state index contributed by atoms with van der Waals surface area (Å²) in [4.78, 5) is 14.5. The average Bonchev–Trinajstić information content (AvgIpc) is 2.16. The first kappa shape index (κ1) is 8.47. The van der Waals surface area contributed by atoms with E-state index in [9.17, 15) is 0 Å². The predicted octanol–water partition coefficient (Wildman–Crippen LogP) is -0.259. The van der Waals surface area contributed by atoms with Gasteiger partial charge in [0, 0.05) is 0 Å². The minimum atomic E-state index is -0.279. The van der Waals surface area contributed by atoms with Crippen molar-refractivity contribution in [1.29, 1.82) is 0 Å². The molecule has 0 fully saturated rings. The van der Waals surface area contributed by atoms with Gasteiger partial charge in [-0.1, -0.05) is 0 Å². The van der Waals surface area contributed by atoms with Crippen LogP contribution in [0.15, 0.2) is 0 Å². The second kappa shape index (κ2) is 3.67. The Morgan fingerprint density at radius 1 is 0.917 bits per heavy atom. The van der Waals surface area contributed by atoms with E-state index in [4.69, 9.17) is 5.26 Å². The lowest BCUT2D eigenvalue weighted by atomic mass is 10.9. The molecule has 1 heterocycles. The second-order valence-electron chi connectivity index (χ2n) is 1.68. The van der Waals surface area contributed by atoms with E-state index in [1.165, 1.54) is 14.2 Å². The Hall–Kier alpha value is -1.63. The fourth-order valence-corrected chi connectivity index (χ4v) is 0.544. The molecule has 0 aromatic carbocycles. The molecule has 0 aliphatic carbocycles. The molecule has 0 spiro atoms. The van der Waals surface area contributed by atoms with Crippen LogP contribution in [0.3, 0.4) is 0 Å². The zero-order valence-electron chi connectivity index (χ0n) is 6.51. The van der Waals surface area contributed by atoms with E-state index >= 15 is 0 Å². The van der Waals surface area contributed by atoms with Crippen molar-refractivity contribution in [3.05, 3.63) is 0 Å². The number of ether oxygens (including phenoxy) is 2. The molecule has 0 unspecified atom stereocenters. The maximum atomic E-state index is 8.21. The topological polar surface area (TPSA) is 86.6 Å². The van der Waals surface area contributed by atoms with Crippen molar-refractivity contribution in [2.75, 3.05) is 14.2 Å². The van der Waals surface area contributed by atoms with Gasteiger partial charge < -0.3 is 9.47 Å². The highest BCUT2D eigenvalue weighted by molar-refractivity contribution is 5.07. The van der Waals surface area contributed by atoms with Crippen LogP contribution in [0.5, 0.6) is 18.0 Å². The summed E-state index contributed by atoms with van der Waals surface area (Å²) in [6.07, 6.45) is 0. The Morgan fingerprint density at radius 3 is 1.67 bits per heavy atom. The summed E-state index contributed by atoms with van der Waals surface area (Å²) in [5, 5.41) is 8.21. The Balaban J connectivity index is 3.01. The Kier molecular flexibility index (Phi) is 2.59. The predicted molar refractivity (Wildman–Crippen MR) is 36.2 cm³/mol. The highest BCUT2D eigenvalue weighted by Crippen LogP contribution is 2.12. The van der Waals surface area contributed by atoms with Crippen molar-refractivity contribution in [2.45, 2.75) is 0 Å². The van der Waals surface area contributed by atoms with Crippen LogP contribution in [-0.2, 0) is 0 Å². The van der Waals surface area contributed by atoms with E-state index in [0.29, 0.717) is 0 Å². The third-order valence-corrected chi connectivity index (χ3v) is 1.02. The van der Waals surface area contributed by atoms with Crippen LogP contribution >= 0.6 is 0 Å². The number of methoxy groups -OCH3 is 2. The maximum absolute atomic E-state index is 8.21. The number of hydrogen-bond donors (Lipinski definition) is 1. The zero-order valence-corrected chi connectivity index (χ0v) is 6.51. The van der Waals surface area contributed by atoms with E-state index in [1.807, 2.05) is 0 Å². The van der Waals surface area contributed by atoms with Gasteiger partial charge in [0.15, 0.2) is 0 Å². The van der Waals surface area contributed by atoms with Crippen LogP contribution < -0.4 is 14.4 Å². The van der Waals surface area contributed by atoms with Crippen molar-refractivity contribution < 1.29 is 19.6 Å². The van der Waals surface area contributed by atoms with E-state index < -0.39 is 0 Å². The molecule has 0 aliphatic heterocycles. The van der Waals surface area contributed by atoms with Crippen molar-refractivity contribution in [2.24, 2.45) is 0 Å². The molecule has 0 saturated heterocycles. The number of nitrogens with zero attached hydrogens (tertiary/aromatic N) is 3. The normalized spacial score (nSPS) is 9.25. The molecule has 66 valence electrons. The maximum Gasteiger partial charge on any atom is 0.362 e. The van der Waals surface area contributed by atoms with Crippen molar-refractivity contribution in [1.82, 2.24) is 15.0 Å². The molecule has 0 saturated carbocycles. The van der Waals surface area contributed by atoms with Crippen LogP contribution in [0.2, 0.25) is 0 Å². The lowest BCUT2D eigenvalue weighted by Gasteiger charge is -2.01. The van der Waals surface area contributed by atoms with Crippen molar-refractivity contribution in [3.63, 3.8) is 0 Å². The number of aromatic nitrogens is 3. The molecule has 7 heteroatoms. The molecule has 1 aromatic rings. The fraction of sp³-hybridized carbons (Fsp3) is 0.400. The fourth-order valence-electron chi connectivity index (χ4n) is 0.544. The monoisotopic (exact) mass is 173 g/mol. The summed E-state index contributed by atoms with van der Waals surface area (Å²) in [6, 6.07) is -0.268. The zero-order chi connectivity index (χ0) is 8.97. The standard InChI is InChI=1S/C5H7N3O4/c1-10-3-6-4(11-2)8-5(7-3)12-9/h9H,1-2H3. The van der Waals surface area contributed by atoms with Gasteiger partial charge in [-0.2, -0.15) is 5.26 Å². The third kappa shape index (κ3) is 1.70. The van der Waals surface area contributed by atoms with Crippen LogP contribution in [0.25, 0.3) is 0 Å². The van der Waals surface area contributed by atoms with E-state index in [0.717, 1.165) is 0 Å². The van der Waals surface area contributed by atoms with E-state index in [1.54, 1.807) is 0 Å². The van der Waals surface area contributed by atoms with Crippen molar-refractivity contribution >= 4 is 0 Å². The lowest BCUT2D eigenvalue weighted by Crippen LogP contribution is -2.01. The number of hydrogen-bond acceptors (Lipinski definition) is 7. The summed E-state index contributed by atoms with van der Waals surface area (Å²) in [5.74, 6) is 0. The first-order valence-electron chi connectivity index (χ1n) is 2.95. The van der Waals surface area contributed by atoms with Gasteiger partial charge in [0.1, 0.15) is 0 Å². The van der Waals surface area contributed by atoms with Crippen molar-refractivity contribution in [3.8, 4) is 18.0 Å². The smallest absolute Gasteiger partial charge is 0.362 e. The van der Waals surface area contributed by atoms with Gasteiger partial charge in [-0.3, -0.25) is 4.89 Å². The summed E-state index contributed by atoms with van der Waals surface area (Å²) >= 11 is 0. The second-order valence-corrected chi connectivity index (χ2v) is 1.68. The molecule has 0 aliphatic rings. The largest absolute Gasteiger partial charge is 0.467 e. The van der Waals surface area contributed by atoms with Gasteiger partial charge >= 0.3 is 18.0 Å². The summed E-state index contributed by atoms with van der Waals surface area (Å²) in [7, 11) is 2.74. The minimum absolute atomic E-state index is 0.00546. The summed E-state index contributed by atoms with van der Waals surface area (Å²) in [6.45, 7) is 0. The first-order valence-corrected chi connectivity index (χ1v) is 2.95. The molecule has 12 heavy (non-hydrogen) atoms. The Morgan fingerprint density at radius 2 is 1.33 bits per heavy atom. The van der Waals surface area contributed by atoms with Crippen LogP contribution in [-0.4, -0.2) is 34.4 Å². The Bertz CT molecular complexity index is 212. The van der Waals surface area contributed by atoms with Crippen LogP contribution in [0, 0.1) is 0 Å². The molecule has 1 rings (SSSR count). The molecular weight excluding hydrogens is 166 g/mol. The molecule has 1 N–H and O–H groups in total. The van der Waals surface area contributed by atoms with E-state index in [2.05, 4.69) is 29.3 Å². The molecule has 0 radical (unpaired) electrons. The molecular formula is C5H7N3O4. The molecule has 7 nitrogen and oxygen atoms in total. The number of rotatable bonds is 3. The Labute approximate surface area is 67.9 Å². The molecule has 0 amide bonds. The molecule has 0 atom stereocenters. The first-order chi connectivity index (χ1) is 5.80. The minimum Gasteiger partial charge on any atom is -0.467 e. The van der Waals surface area contributed by atoms with Gasteiger partial charge in [-0.25, -0.2) is 0 Å². The van der Waals surface area contributed by atoms with Gasteiger partial charge in [0.05, 0.1) is 14.2 Å². The van der Waals surface area contributed by atoms with Gasteiger partial charge in [-0.05, 0) is 0 Å². The van der Waals surface area contributed by atoms with Gasteiger partial charge in [0.2, 0.25) is 0 Å². The SMILES string of the molecule is COc1nc(OC)nc(OO)n1. The van der Waals surface area contributed by atoms with Gasteiger partial charge in [-0.15, -0.1) is 15.0 Å². The molecule has 0 bridgehead atoms.